The minimum Gasteiger partial charge on any atom is -0.481 e. The fourth-order valence-electron chi connectivity index (χ4n) is 2.78. The maximum Gasteiger partial charge on any atom is 0.307 e. The van der Waals surface area contributed by atoms with Crippen LogP contribution in [0.2, 0.25) is 0 Å². The number of hydrogen-bond acceptors (Lipinski definition) is 2. The van der Waals surface area contributed by atoms with E-state index in [1.165, 1.54) is 19.3 Å². The number of carboxylic acid groups (broad SMARTS) is 1. The normalized spacial score (nSPS) is 36.3. The minimum absolute atomic E-state index is 0.0441. The van der Waals surface area contributed by atoms with Crippen LogP contribution in [0.1, 0.15) is 45.4 Å². The third-order valence-corrected chi connectivity index (χ3v) is 4.21. The summed E-state index contributed by atoms with van der Waals surface area (Å²) >= 11 is 0. The Bertz CT molecular complexity index is 308. The van der Waals surface area contributed by atoms with Gasteiger partial charge in [-0.05, 0) is 38.0 Å². The van der Waals surface area contributed by atoms with Gasteiger partial charge in [0.15, 0.2) is 0 Å². The van der Waals surface area contributed by atoms with E-state index in [0.717, 1.165) is 18.8 Å². The van der Waals surface area contributed by atoms with Crippen LogP contribution in [0.4, 0.5) is 0 Å². The van der Waals surface area contributed by atoms with Gasteiger partial charge in [-0.15, -0.1) is 0 Å². The molecule has 2 saturated carbocycles. The molecule has 96 valence electrons. The van der Waals surface area contributed by atoms with E-state index in [1.807, 2.05) is 0 Å². The largest absolute Gasteiger partial charge is 0.481 e. The Labute approximate surface area is 102 Å². The summed E-state index contributed by atoms with van der Waals surface area (Å²) in [6, 6.07) is 0.278. The monoisotopic (exact) mass is 239 g/mol. The van der Waals surface area contributed by atoms with E-state index in [-0.39, 0.29) is 17.9 Å². The minimum atomic E-state index is -0.833. The molecule has 1 amide bonds. The maximum absolute atomic E-state index is 11.8. The first kappa shape index (κ1) is 12.4. The molecule has 4 heteroatoms. The van der Waals surface area contributed by atoms with Crippen LogP contribution in [0.15, 0.2) is 0 Å². The predicted octanol–water partition coefficient (Wildman–Crippen LogP) is 1.79. The van der Waals surface area contributed by atoms with Gasteiger partial charge in [0.25, 0.3) is 0 Å². The molecule has 0 unspecified atom stereocenters. The molecule has 0 aliphatic heterocycles. The number of aliphatic carboxylic acids is 1. The van der Waals surface area contributed by atoms with Crippen molar-refractivity contribution < 1.29 is 14.7 Å². The Kier molecular flexibility index (Phi) is 3.69. The van der Waals surface area contributed by atoms with Gasteiger partial charge in [0.1, 0.15) is 0 Å². The molecule has 0 aromatic heterocycles. The van der Waals surface area contributed by atoms with Gasteiger partial charge in [0, 0.05) is 6.04 Å². The van der Waals surface area contributed by atoms with Crippen LogP contribution in [0.25, 0.3) is 0 Å². The van der Waals surface area contributed by atoms with E-state index >= 15 is 0 Å². The second-order valence-corrected chi connectivity index (χ2v) is 5.42. The molecule has 17 heavy (non-hydrogen) atoms. The fraction of sp³-hybridized carbons (Fsp3) is 0.846. The smallest absolute Gasteiger partial charge is 0.307 e. The van der Waals surface area contributed by atoms with Crippen LogP contribution in [0.5, 0.6) is 0 Å². The number of carbonyl (C=O) groups excluding carboxylic acids is 1. The third-order valence-electron chi connectivity index (χ3n) is 4.21. The summed E-state index contributed by atoms with van der Waals surface area (Å²) in [7, 11) is 0. The molecule has 0 radical (unpaired) electrons. The molecule has 0 spiro atoms. The van der Waals surface area contributed by atoms with E-state index in [2.05, 4.69) is 12.2 Å². The predicted molar refractivity (Wildman–Crippen MR) is 63.4 cm³/mol. The highest BCUT2D eigenvalue weighted by molar-refractivity contribution is 5.89. The van der Waals surface area contributed by atoms with Crippen LogP contribution in [0, 0.1) is 17.8 Å². The lowest BCUT2D eigenvalue weighted by Gasteiger charge is -2.28. The van der Waals surface area contributed by atoms with Crippen LogP contribution in [-0.2, 0) is 9.59 Å². The summed E-state index contributed by atoms with van der Waals surface area (Å²) in [6.07, 6.45) is 6.22. The standard InChI is InChI=1S/C13H21NO3/c1-2-8-3-5-9(6-4-8)14-12(15)10-7-11(10)13(16)17/h8-11H,2-7H2,1H3,(H,14,15)(H,16,17)/t8?,9?,10-,11+/m1/s1. The Morgan fingerprint density at radius 1 is 1.18 bits per heavy atom. The summed E-state index contributed by atoms with van der Waals surface area (Å²) in [5, 5.41) is 11.8. The Balaban J connectivity index is 1.72. The van der Waals surface area contributed by atoms with Gasteiger partial charge in [-0.3, -0.25) is 9.59 Å². The molecule has 2 fully saturated rings. The van der Waals surface area contributed by atoms with E-state index in [4.69, 9.17) is 5.11 Å². The molecule has 2 atom stereocenters. The Hall–Kier alpha value is -1.06. The molecular weight excluding hydrogens is 218 g/mol. The molecule has 2 rings (SSSR count). The van der Waals surface area contributed by atoms with Crippen molar-refractivity contribution in [1.29, 1.82) is 0 Å². The number of nitrogens with one attached hydrogen (secondary N) is 1. The molecule has 2 N–H and O–H groups in total. The second kappa shape index (κ2) is 5.07. The first-order valence-electron chi connectivity index (χ1n) is 6.65. The number of carbonyl (C=O) groups is 2. The maximum atomic E-state index is 11.8. The van der Waals surface area contributed by atoms with Gasteiger partial charge in [-0.1, -0.05) is 13.3 Å². The van der Waals surface area contributed by atoms with E-state index in [0.29, 0.717) is 6.42 Å². The van der Waals surface area contributed by atoms with Crippen molar-refractivity contribution in [3.63, 3.8) is 0 Å². The quantitative estimate of drug-likeness (QED) is 0.786. The zero-order chi connectivity index (χ0) is 12.4. The summed E-state index contributed by atoms with van der Waals surface area (Å²) < 4.78 is 0. The first-order chi connectivity index (χ1) is 8.11. The number of carboxylic acids is 1. The lowest BCUT2D eigenvalue weighted by Crippen LogP contribution is -2.38. The topological polar surface area (TPSA) is 66.4 Å². The molecule has 4 nitrogen and oxygen atoms in total. The van der Waals surface area contributed by atoms with Crippen LogP contribution in [-0.4, -0.2) is 23.0 Å². The number of hydrogen-bond donors (Lipinski definition) is 2. The van der Waals surface area contributed by atoms with E-state index < -0.39 is 11.9 Å². The molecule has 2 aliphatic carbocycles. The van der Waals surface area contributed by atoms with Crippen molar-refractivity contribution in [3.8, 4) is 0 Å². The van der Waals surface area contributed by atoms with Gasteiger partial charge in [0.2, 0.25) is 5.91 Å². The molecule has 0 aromatic carbocycles. The van der Waals surface area contributed by atoms with Crippen molar-refractivity contribution in [1.82, 2.24) is 5.32 Å². The first-order valence-corrected chi connectivity index (χ1v) is 6.65. The molecule has 2 aliphatic rings. The Morgan fingerprint density at radius 2 is 1.82 bits per heavy atom. The highest BCUT2D eigenvalue weighted by Gasteiger charge is 2.48. The molecule has 0 bridgehead atoms. The molecule has 0 heterocycles. The highest BCUT2D eigenvalue weighted by Crippen LogP contribution is 2.39. The lowest BCUT2D eigenvalue weighted by molar-refractivity contribution is -0.140. The van der Waals surface area contributed by atoms with Crippen molar-refractivity contribution in [2.45, 2.75) is 51.5 Å². The fourth-order valence-corrected chi connectivity index (χ4v) is 2.78. The number of rotatable bonds is 4. The third kappa shape index (κ3) is 2.99. The van der Waals surface area contributed by atoms with Crippen molar-refractivity contribution in [2.24, 2.45) is 17.8 Å². The molecular formula is C13H21NO3. The van der Waals surface area contributed by atoms with Crippen LogP contribution < -0.4 is 5.32 Å². The van der Waals surface area contributed by atoms with Gasteiger partial charge < -0.3 is 10.4 Å². The van der Waals surface area contributed by atoms with Gasteiger partial charge in [-0.25, -0.2) is 0 Å². The molecule has 0 aromatic rings. The number of amides is 1. The Morgan fingerprint density at radius 3 is 2.29 bits per heavy atom. The average Bonchev–Trinajstić information content (AvgIpc) is 3.10. The van der Waals surface area contributed by atoms with E-state index in [9.17, 15) is 9.59 Å². The van der Waals surface area contributed by atoms with Gasteiger partial charge in [0.05, 0.1) is 11.8 Å². The van der Waals surface area contributed by atoms with Gasteiger partial charge in [-0.2, -0.15) is 0 Å². The summed E-state index contributed by atoms with van der Waals surface area (Å²) in [6.45, 7) is 2.21. The highest BCUT2D eigenvalue weighted by atomic mass is 16.4. The summed E-state index contributed by atoms with van der Waals surface area (Å²) in [4.78, 5) is 22.4. The van der Waals surface area contributed by atoms with E-state index in [1.54, 1.807) is 0 Å². The zero-order valence-corrected chi connectivity index (χ0v) is 10.3. The average molecular weight is 239 g/mol. The zero-order valence-electron chi connectivity index (χ0n) is 10.3. The van der Waals surface area contributed by atoms with Crippen molar-refractivity contribution in [3.05, 3.63) is 0 Å². The van der Waals surface area contributed by atoms with Crippen molar-refractivity contribution in [2.75, 3.05) is 0 Å². The lowest BCUT2D eigenvalue weighted by atomic mass is 9.84. The van der Waals surface area contributed by atoms with Crippen molar-refractivity contribution >= 4 is 11.9 Å². The summed E-state index contributed by atoms with van der Waals surface area (Å²) in [5.74, 6) is -0.758. The summed E-state index contributed by atoms with van der Waals surface area (Å²) in [5.41, 5.74) is 0. The SMILES string of the molecule is CCC1CCC(NC(=O)[C@@H]2C[C@@H]2C(=O)O)CC1. The second-order valence-electron chi connectivity index (χ2n) is 5.42. The van der Waals surface area contributed by atoms with Gasteiger partial charge >= 0.3 is 5.97 Å². The van der Waals surface area contributed by atoms with Crippen LogP contribution >= 0.6 is 0 Å². The van der Waals surface area contributed by atoms with Crippen LogP contribution in [0.3, 0.4) is 0 Å². The molecule has 0 saturated heterocycles.